The summed E-state index contributed by atoms with van der Waals surface area (Å²) in [6, 6.07) is 7.79. The number of aryl methyl sites for hydroxylation is 1. The van der Waals surface area contributed by atoms with E-state index in [1.807, 2.05) is 24.3 Å². The Hall–Kier alpha value is -1.81. The van der Waals surface area contributed by atoms with Crippen molar-refractivity contribution in [1.29, 1.82) is 0 Å². The van der Waals surface area contributed by atoms with Gasteiger partial charge in [-0.1, -0.05) is 30.7 Å². The average molecular weight is 264 g/mol. The Morgan fingerprint density at radius 3 is 2.67 bits per heavy atom. The summed E-state index contributed by atoms with van der Waals surface area (Å²) < 4.78 is 1.50. The molecule has 1 aromatic heterocycles. The van der Waals surface area contributed by atoms with Crippen LogP contribution in [0.1, 0.15) is 12.5 Å². The lowest BCUT2D eigenvalue weighted by Crippen LogP contribution is -2.18. The van der Waals surface area contributed by atoms with E-state index in [9.17, 15) is 4.79 Å². The molecule has 2 rings (SSSR count). The predicted octanol–water partition coefficient (Wildman–Crippen LogP) is 2.74. The number of aromatic nitrogens is 2. The normalized spacial score (nSPS) is 10.3. The molecule has 0 fully saturated rings. The van der Waals surface area contributed by atoms with Crippen LogP contribution < -0.4 is 5.32 Å². The molecule has 1 N–H and O–H groups in total. The number of hydrogen-bond donors (Lipinski definition) is 1. The van der Waals surface area contributed by atoms with E-state index in [0.717, 1.165) is 12.1 Å². The lowest BCUT2D eigenvalue weighted by molar-refractivity contribution is -0.116. The van der Waals surface area contributed by atoms with E-state index in [4.69, 9.17) is 11.6 Å². The number of hydrogen-bond acceptors (Lipinski definition) is 2. The van der Waals surface area contributed by atoms with Gasteiger partial charge in [-0.2, -0.15) is 5.10 Å². The van der Waals surface area contributed by atoms with Crippen molar-refractivity contribution >= 4 is 23.2 Å². The lowest BCUT2D eigenvalue weighted by Gasteiger charge is -2.06. The summed E-state index contributed by atoms with van der Waals surface area (Å²) in [5.41, 5.74) is 2.03. The van der Waals surface area contributed by atoms with Crippen LogP contribution in [0.5, 0.6) is 0 Å². The third-order valence-electron chi connectivity index (χ3n) is 2.55. The number of carbonyl (C=O) groups excluding carboxylic acids is 1. The number of amides is 1. The molecule has 94 valence electrons. The van der Waals surface area contributed by atoms with Crippen LogP contribution in [-0.2, 0) is 17.8 Å². The molecule has 0 unspecified atom stereocenters. The largest absolute Gasteiger partial charge is 0.324 e. The summed E-state index contributed by atoms with van der Waals surface area (Å²) in [6.07, 6.45) is 4.10. The fourth-order valence-electron chi connectivity index (χ4n) is 1.60. The van der Waals surface area contributed by atoms with E-state index in [0.29, 0.717) is 5.02 Å². The quantitative estimate of drug-likeness (QED) is 0.922. The molecule has 0 radical (unpaired) electrons. The summed E-state index contributed by atoms with van der Waals surface area (Å²) in [5, 5.41) is 7.28. The first kappa shape index (κ1) is 12.6. The van der Waals surface area contributed by atoms with Crippen LogP contribution in [0.3, 0.4) is 0 Å². The van der Waals surface area contributed by atoms with Crippen LogP contribution in [0.2, 0.25) is 5.02 Å². The van der Waals surface area contributed by atoms with Crippen molar-refractivity contribution in [1.82, 2.24) is 9.78 Å². The highest BCUT2D eigenvalue weighted by Crippen LogP contribution is 2.10. The molecule has 18 heavy (non-hydrogen) atoms. The van der Waals surface area contributed by atoms with E-state index in [1.54, 1.807) is 6.20 Å². The van der Waals surface area contributed by atoms with Crippen molar-refractivity contribution in [3.05, 3.63) is 47.2 Å². The molecule has 5 heteroatoms. The molecule has 4 nitrogen and oxygen atoms in total. The molecule has 0 bridgehead atoms. The van der Waals surface area contributed by atoms with Gasteiger partial charge in [0.2, 0.25) is 5.91 Å². The van der Waals surface area contributed by atoms with Gasteiger partial charge in [0.25, 0.3) is 0 Å². The molecule has 0 aliphatic rings. The highest BCUT2D eigenvalue weighted by atomic mass is 35.5. The molecule has 1 heterocycles. The van der Waals surface area contributed by atoms with Crippen LogP contribution in [0, 0.1) is 0 Å². The number of halogens is 1. The van der Waals surface area contributed by atoms with Crippen molar-refractivity contribution in [3.8, 4) is 0 Å². The minimum atomic E-state index is -0.126. The molecule has 0 aliphatic heterocycles. The van der Waals surface area contributed by atoms with Gasteiger partial charge in [-0.15, -0.1) is 0 Å². The number of nitrogens with one attached hydrogen (secondary N) is 1. The molecule has 2 aromatic rings. The van der Waals surface area contributed by atoms with Crippen molar-refractivity contribution in [2.75, 3.05) is 5.32 Å². The standard InChI is InChI=1S/C13H14ClN3O/c1-2-10-3-5-12(6-4-10)16-13(18)9-17-8-11(14)7-15-17/h3-8H,2,9H2,1H3,(H,16,18). The molecular formula is C13H14ClN3O. The summed E-state index contributed by atoms with van der Waals surface area (Å²) in [5.74, 6) is -0.126. The highest BCUT2D eigenvalue weighted by molar-refractivity contribution is 6.30. The first-order chi connectivity index (χ1) is 8.67. The number of anilines is 1. The van der Waals surface area contributed by atoms with Gasteiger partial charge >= 0.3 is 0 Å². The summed E-state index contributed by atoms with van der Waals surface area (Å²) in [7, 11) is 0. The second kappa shape index (κ2) is 5.69. The molecule has 0 aliphatic carbocycles. The summed E-state index contributed by atoms with van der Waals surface area (Å²) in [4.78, 5) is 11.7. The van der Waals surface area contributed by atoms with Crippen LogP contribution >= 0.6 is 11.6 Å². The molecule has 0 atom stereocenters. The van der Waals surface area contributed by atoms with Gasteiger partial charge in [-0.3, -0.25) is 9.48 Å². The Labute approximate surface area is 111 Å². The Bertz CT molecular complexity index is 533. The van der Waals surface area contributed by atoms with Crippen molar-refractivity contribution in [2.24, 2.45) is 0 Å². The van der Waals surface area contributed by atoms with E-state index in [1.165, 1.54) is 16.4 Å². The van der Waals surface area contributed by atoms with Crippen molar-refractivity contribution < 1.29 is 4.79 Å². The number of carbonyl (C=O) groups is 1. The van der Waals surface area contributed by atoms with E-state index < -0.39 is 0 Å². The van der Waals surface area contributed by atoms with E-state index in [2.05, 4.69) is 17.3 Å². The van der Waals surface area contributed by atoms with E-state index >= 15 is 0 Å². The van der Waals surface area contributed by atoms with Gasteiger partial charge in [0.15, 0.2) is 0 Å². The third-order valence-corrected chi connectivity index (χ3v) is 2.75. The second-order valence-corrected chi connectivity index (χ2v) is 4.39. The second-order valence-electron chi connectivity index (χ2n) is 3.95. The maximum Gasteiger partial charge on any atom is 0.246 e. The maximum absolute atomic E-state index is 11.7. The topological polar surface area (TPSA) is 46.9 Å². The highest BCUT2D eigenvalue weighted by Gasteiger charge is 2.04. The zero-order valence-electron chi connectivity index (χ0n) is 10.1. The number of rotatable bonds is 4. The molecule has 0 spiro atoms. The maximum atomic E-state index is 11.7. The van der Waals surface area contributed by atoms with Crippen LogP contribution in [0.15, 0.2) is 36.7 Å². The van der Waals surface area contributed by atoms with Crippen LogP contribution in [0.4, 0.5) is 5.69 Å². The van der Waals surface area contributed by atoms with Crippen molar-refractivity contribution in [2.45, 2.75) is 19.9 Å². The molecule has 0 saturated carbocycles. The van der Waals surface area contributed by atoms with Crippen LogP contribution in [-0.4, -0.2) is 15.7 Å². The van der Waals surface area contributed by atoms with Gasteiger partial charge in [0.05, 0.1) is 11.2 Å². The monoisotopic (exact) mass is 263 g/mol. The molecule has 1 amide bonds. The zero-order chi connectivity index (χ0) is 13.0. The Morgan fingerprint density at radius 2 is 2.11 bits per heavy atom. The SMILES string of the molecule is CCc1ccc(NC(=O)Cn2cc(Cl)cn2)cc1. The average Bonchev–Trinajstić information content (AvgIpc) is 2.75. The van der Waals surface area contributed by atoms with Gasteiger partial charge in [0, 0.05) is 11.9 Å². The van der Waals surface area contributed by atoms with Crippen LogP contribution in [0.25, 0.3) is 0 Å². The van der Waals surface area contributed by atoms with Gasteiger partial charge in [-0.25, -0.2) is 0 Å². The third kappa shape index (κ3) is 3.34. The minimum Gasteiger partial charge on any atom is -0.324 e. The Kier molecular flexibility index (Phi) is 3.99. The van der Waals surface area contributed by atoms with Gasteiger partial charge in [0.1, 0.15) is 6.54 Å². The Morgan fingerprint density at radius 1 is 1.39 bits per heavy atom. The first-order valence-corrected chi connectivity index (χ1v) is 6.12. The number of nitrogens with zero attached hydrogens (tertiary/aromatic N) is 2. The molecule has 1 aromatic carbocycles. The lowest BCUT2D eigenvalue weighted by atomic mass is 10.1. The molecule has 0 saturated heterocycles. The smallest absolute Gasteiger partial charge is 0.246 e. The molecular weight excluding hydrogens is 250 g/mol. The fourth-order valence-corrected chi connectivity index (χ4v) is 1.75. The van der Waals surface area contributed by atoms with Gasteiger partial charge in [-0.05, 0) is 24.1 Å². The fraction of sp³-hybridized carbons (Fsp3) is 0.231. The van der Waals surface area contributed by atoms with Gasteiger partial charge < -0.3 is 5.32 Å². The van der Waals surface area contributed by atoms with Crippen molar-refractivity contribution in [3.63, 3.8) is 0 Å². The summed E-state index contributed by atoms with van der Waals surface area (Å²) >= 11 is 5.72. The minimum absolute atomic E-state index is 0.126. The zero-order valence-corrected chi connectivity index (χ0v) is 10.8. The summed E-state index contributed by atoms with van der Waals surface area (Å²) in [6.45, 7) is 2.25. The van der Waals surface area contributed by atoms with E-state index in [-0.39, 0.29) is 12.5 Å². The Balaban J connectivity index is 1.94. The number of benzene rings is 1. The first-order valence-electron chi connectivity index (χ1n) is 5.74. The predicted molar refractivity (Wildman–Crippen MR) is 71.7 cm³/mol.